The number of carboxylic acid groups (broad SMARTS) is 1. The second-order valence-electron chi connectivity index (χ2n) is 4.74. The van der Waals surface area contributed by atoms with Crippen LogP contribution in [0.25, 0.3) is 0 Å². The lowest BCUT2D eigenvalue weighted by Gasteiger charge is -2.29. The number of carbonyl (C=O) groups is 1. The van der Waals surface area contributed by atoms with E-state index in [9.17, 15) is 9.90 Å². The molecule has 0 aromatic heterocycles. The molecule has 4 nitrogen and oxygen atoms in total. The highest BCUT2D eigenvalue weighted by molar-refractivity contribution is 6.33. The third-order valence-corrected chi connectivity index (χ3v) is 3.66. The van der Waals surface area contributed by atoms with Crippen molar-refractivity contribution in [2.45, 2.75) is 12.5 Å². The highest BCUT2D eigenvalue weighted by Gasteiger charge is 2.38. The molecule has 0 heterocycles. The molecule has 2 aromatic carbocycles. The Morgan fingerprint density at radius 2 is 1.81 bits per heavy atom. The maximum absolute atomic E-state index is 11.8. The van der Waals surface area contributed by atoms with Crippen molar-refractivity contribution in [1.82, 2.24) is 0 Å². The van der Waals surface area contributed by atoms with Crippen LogP contribution in [0.5, 0.6) is 5.75 Å². The summed E-state index contributed by atoms with van der Waals surface area (Å²) < 4.78 is 5.27. The molecule has 110 valence electrons. The van der Waals surface area contributed by atoms with E-state index in [1.54, 1.807) is 55.5 Å². The molecule has 21 heavy (non-hydrogen) atoms. The molecule has 0 aliphatic rings. The van der Waals surface area contributed by atoms with Crippen molar-refractivity contribution in [2.24, 2.45) is 0 Å². The number of aliphatic carboxylic acids is 1. The molecule has 1 unspecified atom stereocenters. The topological polar surface area (TPSA) is 58.6 Å². The van der Waals surface area contributed by atoms with E-state index in [-0.39, 0.29) is 0 Å². The molecule has 2 rings (SSSR count). The number of hydrogen-bond acceptors (Lipinski definition) is 3. The number of anilines is 1. The van der Waals surface area contributed by atoms with E-state index in [4.69, 9.17) is 16.3 Å². The predicted molar refractivity (Wildman–Crippen MR) is 83.1 cm³/mol. The van der Waals surface area contributed by atoms with Crippen molar-refractivity contribution in [1.29, 1.82) is 0 Å². The molecule has 0 fully saturated rings. The van der Waals surface area contributed by atoms with Crippen LogP contribution in [0, 0.1) is 0 Å². The van der Waals surface area contributed by atoms with Gasteiger partial charge in [-0.1, -0.05) is 41.9 Å². The molecule has 0 amide bonds. The van der Waals surface area contributed by atoms with Crippen LogP contribution >= 0.6 is 11.6 Å². The molecule has 0 radical (unpaired) electrons. The first kappa shape index (κ1) is 15.2. The zero-order valence-corrected chi connectivity index (χ0v) is 12.5. The van der Waals surface area contributed by atoms with E-state index < -0.39 is 11.5 Å². The summed E-state index contributed by atoms with van der Waals surface area (Å²) in [6, 6.07) is 14.0. The van der Waals surface area contributed by atoms with Gasteiger partial charge in [0.25, 0.3) is 0 Å². The van der Waals surface area contributed by atoms with E-state index in [1.165, 1.54) is 7.11 Å². The molecule has 0 spiro atoms. The van der Waals surface area contributed by atoms with E-state index >= 15 is 0 Å². The van der Waals surface area contributed by atoms with Crippen LogP contribution < -0.4 is 10.1 Å². The van der Waals surface area contributed by atoms with Gasteiger partial charge in [-0.05, 0) is 25.1 Å². The van der Waals surface area contributed by atoms with Crippen molar-refractivity contribution in [3.63, 3.8) is 0 Å². The molecular weight excluding hydrogens is 290 g/mol. The lowest BCUT2D eigenvalue weighted by molar-refractivity contribution is -0.142. The van der Waals surface area contributed by atoms with Crippen LogP contribution in [0.1, 0.15) is 12.5 Å². The van der Waals surface area contributed by atoms with Crippen LogP contribution in [0.2, 0.25) is 5.02 Å². The van der Waals surface area contributed by atoms with Gasteiger partial charge in [0.2, 0.25) is 0 Å². The number of hydrogen-bond donors (Lipinski definition) is 2. The van der Waals surface area contributed by atoms with E-state index in [2.05, 4.69) is 5.32 Å². The fraction of sp³-hybridized carbons (Fsp3) is 0.188. The largest absolute Gasteiger partial charge is 0.496 e. The molecule has 0 saturated heterocycles. The smallest absolute Gasteiger partial charge is 0.333 e. The van der Waals surface area contributed by atoms with E-state index in [0.717, 1.165) is 0 Å². The van der Waals surface area contributed by atoms with Crippen molar-refractivity contribution >= 4 is 23.3 Å². The molecule has 1 atom stereocenters. The monoisotopic (exact) mass is 305 g/mol. The number of nitrogens with one attached hydrogen (secondary N) is 1. The molecule has 0 bridgehead atoms. The number of benzene rings is 2. The Balaban J connectivity index is 2.51. The first-order chi connectivity index (χ1) is 9.99. The summed E-state index contributed by atoms with van der Waals surface area (Å²) in [7, 11) is 1.51. The summed E-state index contributed by atoms with van der Waals surface area (Å²) in [5.74, 6) is -0.520. The average molecular weight is 306 g/mol. The Labute approximate surface area is 128 Å². The molecular formula is C16H16ClNO3. The number of para-hydroxylation sites is 2. The van der Waals surface area contributed by atoms with Crippen molar-refractivity contribution in [3.8, 4) is 5.75 Å². The zero-order valence-electron chi connectivity index (χ0n) is 11.8. The predicted octanol–water partition coefficient (Wildman–Crippen LogP) is 3.76. The zero-order chi connectivity index (χ0) is 15.5. The lowest BCUT2D eigenvalue weighted by Crippen LogP contribution is -2.40. The Morgan fingerprint density at radius 3 is 2.43 bits per heavy atom. The Kier molecular flexibility index (Phi) is 4.38. The van der Waals surface area contributed by atoms with Crippen molar-refractivity contribution < 1.29 is 14.6 Å². The van der Waals surface area contributed by atoms with Crippen LogP contribution in [0.4, 0.5) is 5.69 Å². The fourth-order valence-corrected chi connectivity index (χ4v) is 2.31. The van der Waals surface area contributed by atoms with Gasteiger partial charge in [0.1, 0.15) is 5.75 Å². The Hall–Kier alpha value is -2.20. The summed E-state index contributed by atoms with van der Waals surface area (Å²) in [4.78, 5) is 11.8. The van der Waals surface area contributed by atoms with Crippen LogP contribution in [0.3, 0.4) is 0 Å². The number of rotatable bonds is 5. The normalized spacial score (nSPS) is 13.3. The SMILES string of the molecule is COc1ccccc1C(C)(Nc1ccccc1Cl)C(=O)O. The standard InChI is InChI=1S/C16H16ClNO3/c1-16(15(19)20,11-7-3-6-10-14(11)21-2)18-13-9-5-4-8-12(13)17/h3-10,18H,1-2H3,(H,19,20). The fourth-order valence-electron chi connectivity index (χ4n) is 2.13. The van der Waals surface area contributed by atoms with E-state index in [0.29, 0.717) is 22.0 Å². The summed E-state index contributed by atoms with van der Waals surface area (Å²) in [6.45, 7) is 1.58. The molecule has 0 aliphatic carbocycles. The molecule has 5 heteroatoms. The average Bonchev–Trinajstić information content (AvgIpc) is 2.49. The first-order valence-corrected chi connectivity index (χ1v) is 6.76. The number of carboxylic acids is 1. The second-order valence-corrected chi connectivity index (χ2v) is 5.14. The van der Waals surface area contributed by atoms with Gasteiger partial charge in [-0.2, -0.15) is 0 Å². The van der Waals surface area contributed by atoms with Crippen LogP contribution in [0.15, 0.2) is 48.5 Å². The molecule has 0 aliphatic heterocycles. The van der Waals surface area contributed by atoms with Crippen LogP contribution in [-0.4, -0.2) is 18.2 Å². The minimum Gasteiger partial charge on any atom is -0.496 e. The maximum Gasteiger partial charge on any atom is 0.333 e. The minimum atomic E-state index is -1.36. The van der Waals surface area contributed by atoms with Gasteiger partial charge in [0.05, 0.1) is 17.8 Å². The van der Waals surface area contributed by atoms with Crippen molar-refractivity contribution in [2.75, 3.05) is 12.4 Å². The quantitative estimate of drug-likeness (QED) is 0.883. The Bertz CT molecular complexity index is 659. The summed E-state index contributed by atoms with van der Waals surface area (Å²) in [5.41, 5.74) is -0.285. The van der Waals surface area contributed by atoms with Gasteiger partial charge >= 0.3 is 5.97 Å². The number of ether oxygens (including phenoxy) is 1. The molecule has 0 saturated carbocycles. The molecule has 2 aromatic rings. The second kappa shape index (κ2) is 6.06. The first-order valence-electron chi connectivity index (χ1n) is 6.38. The lowest BCUT2D eigenvalue weighted by atomic mass is 9.90. The van der Waals surface area contributed by atoms with Gasteiger partial charge in [-0.25, -0.2) is 4.79 Å². The highest BCUT2D eigenvalue weighted by Crippen LogP contribution is 2.35. The summed E-state index contributed by atoms with van der Waals surface area (Å²) in [5, 5.41) is 13.2. The number of methoxy groups -OCH3 is 1. The highest BCUT2D eigenvalue weighted by atomic mass is 35.5. The van der Waals surface area contributed by atoms with E-state index in [1.807, 2.05) is 0 Å². The van der Waals surface area contributed by atoms with Gasteiger partial charge in [0.15, 0.2) is 5.54 Å². The minimum absolute atomic E-state index is 0.458. The summed E-state index contributed by atoms with van der Waals surface area (Å²) in [6.07, 6.45) is 0. The van der Waals surface area contributed by atoms with Crippen molar-refractivity contribution in [3.05, 3.63) is 59.1 Å². The van der Waals surface area contributed by atoms with Gasteiger partial charge < -0.3 is 15.2 Å². The van der Waals surface area contributed by atoms with Gasteiger partial charge in [-0.3, -0.25) is 0 Å². The van der Waals surface area contributed by atoms with Crippen LogP contribution in [-0.2, 0) is 10.3 Å². The third kappa shape index (κ3) is 2.95. The molecule has 2 N–H and O–H groups in total. The summed E-state index contributed by atoms with van der Waals surface area (Å²) >= 11 is 6.11. The van der Waals surface area contributed by atoms with Gasteiger partial charge in [-0.15, -0.1) is 0 Å². The Morgan fingerprint density at radius 1 is 1.19 bits per heavy atom. The van der Waals surface area contributed by atoms with Gasteiger partial charge in [0, 0.05) is 5.56 Å². The third-order valence-electron chi connectivity index (χ3n) is 3.33. The number of halogens is 1. The maximum atomic E-state index is 11.8.